The molecule has 0 saturated heterocycles. The molecule has 0 aliphatic carbocycles. The lowest BCUT2D eigenvalue weighted by molar-refractivity contribution is -0.118. The van der Waals surface area contributed by atoms with E-state index in [4.69, 9.17) is 4.74 Å². The van der Waals surface area contributed by atoms with Crippen molar-refractivity contribution in [2.24, 2.45) is 5.10 Å². The predicted octanol–water partition coefficient (Wildman–Crippen LogP) is 5.62. The van der Waals surface area contributed by atoms with Gasteiger partial charge < -0.3 is 4.74 Å². The topological polar surface area (TPSA) is 76.5 Å². The fourth-order valence-electron chi connectivity index (χ4n) is 3.09. The summed E-state index contributed by atoms with van der Waals surface area (Å²) in [5.74, 6) is 1.59. The molecular formula is C24H22N4O2S3. The summed E-state index contributed by atoms with van der Waals surface area (Å²) in [4.78, 5) is 12.2. The Kier molecular flexibility index (Phi) is 7.98. The van der Waals surface area contributed by atoms with Crippen LogP contribution in [0.1, 0.15) is 18.1 Å². The first kappa shape index (κ1) is 23.3. The number of hydrogen-bond donors (Lipinski definition) is 1. The number of rotatable bonds is 9. The van der Waals surface area contributed by atoms with E-state index in [1.807, 2.05) is 31.2 Å². The Balaban J connectivity index is 1.27. The third-order valence-electron chi connectivity index (χ3n) is 4.78. The zero-order valence-corrected chi connectivity index (χ0v) is 20.6. The van der Waals surface area contributed by atoms with Gasteiger partial charge in [-0.1, -0.05) is 89.5 Å². The molecule has 0 fully saturated rings. The zero-order valence-electron chi connectivity index (χ0n) is 18.1. The van der Waals surface area contributed by atoms with E-state index in [9.17, 15) is 4.79 Å². The summed E-state index contributed by atoms with van der Waals surface area (Å²) in [5, 5.41) is 15.1. The van der Waals surface area contributed by atoms with Crippen LogP contribution in [0.15, 0.2) is 80.5 Å². The molecule has 0 atom stereocenters. The standard InChI is InChI=1S/C24H22N4O2S3/c1-16(18-9-6-11-20(13-18)30-2)25-26-22(29)15-32-24-28-27-23(33-24)31-14-19-10-5-8-17-7-3-4-12-21(17)19/h3-13H,14-15H2,1-2H3,(H,26,29). The molecule has 0 bridgehead atoms. The van der Waals surface area contributed by atoms with Gasteiger partial charge in [0, 0.05) is 11.3 Å². The van der Waals surface area contributed by atoms with Crippen LogP contribution >= 0.6 is 34.9 Å². The van der Waals surface area contributed by atoms with Gasteiger partial charge in [-0.3, -0.25) is 4.79 Å². The first-order chi connectivity index (χ1) is 16.1. The van der Waals surface area contributed by atoms with E-state index >= 15 is 0 Å². The molecule has 0 aliphatic heterocycles. The summed E-state index contributed by atoms with van der Waals surface area (Å²) in [6.45, 7) is 1.84. The average Bonchev–Trinajstić information content (AvgIpc) is 3.32. The molecule has 33 heavy (non-hydrogen) atoms. The van der Waals surface area contributed by atoms with E-state index in [0.29, 0.717) is 5.71 Å². The minimum absolute atomic E-state index is 0.192. The van der Waals surface area contributed by atoms with Gasteiger partial charge in [0.2, 0.25) is 0 Å². The van der Waals surface area contributed by atoms with Crippen LogP contribution in [-0.4, -0.2) is 34.7 Å². The highest BCUT2D eigenvalue weighted by molar-refractivity contribution is 8.03. The normalized spacial score (nSPS) is 11.5. The molecule has 4 aromatic rings. The lowest BCUT2D eigenvalue weighted by Crippen LogP contribution is -2.21. The summed E-state index contributed by atoms with van der Waals surface area (Å²) >= 11 is 4.51. The van der Waals surface area contributed by atoms with Crippen molar-refractivity contribution in [1.82, 2.24) is 15.6 Å². The summed E-state index contributed by atoms with van der Waals surface area (Å²) in [5.41, 5.74) is 5.46. The number of hydrazone groups is 1. The molecule has 4 rings (SSSR count). The first-order valence-corrected chi connectivity index (χ1v) is 12.9. The molecular weight excluding hydrogens is 472 g/mol. The molecule has 1 amide bonds. The molecule has 1 heterocycles. The highest BCUT2D eigenvalue weighted by atomic mass is 32.2. The van der Waals surface area contributed by atoms with E-state index in [2.05, 4.69) is 63.2 Å². The average molecular weight is 495 g/mol. The van der Waals surface area contributed by atoms with Crippen molar-refractivity contribution >= 4 is 57.3 Å². The van der Waals surface area contributed by atoms with Crippen LogP contribution in [-0.2, 0) is 10.5 Å². The Morgan fingerprint density at radius 2 is 1.79 bits per heavy atom. The Hall–Kier alpha value is -2.88. The molecule has 3 aromatic carbocycles. The Morgan fingerprint density at radius 3 is 2.64 bits per heavy atom. The summed E-state index contributed by atoms with van der Waals surface area (Å²) in [6.07, 6.45) is 0. The minimum Gasteiger partial charge on any atom is -0.497 e. The van der Waals surface area contributed by atoms with Crippen LogP contribution < -0.4 is 10.2 Å². The number of hydrogen-bond acceptors (Lipinski definition) is 8. The van der Waals surface area contributed by atoms with Crippen LogP contribution in [0.3, 0.4) is 0 Å². The smallest absolute Gasteiger partial charge is 0.250 e. The molecule has 0 radical (unpaired) electrons. The van der Waals surface area contributed by atoms with Crippen LogP contribution in [0.5, 0.6) is 5.75 Å². The number of methoxy groups -OCH3 is 1. The van der Waals surface area contributed by atoms with E-state index in [-0.39, 0.29) is 11.7 Å². The number of thioether (sulfide) groups is 2. The van der Waals surface area contributed by atoms with Gasteiger partial charge in [-0.2, -0.15) is 5.10 Å². The molecule has 9 heteroatoms. The third-order valence-corrected chi connectivity index (χ3v) is 8.02. The van der Waals surface area contributed by atoms with Crippen LogP contribution in [0, 0.1) is 0 Å². The van der Waals surface area contributed by atoms with Gasteiger partial charge in [-0.05, 0) is 35.4 Å². The number of amides is 1. The minimum atomic E-state index is -0.192. The number of fused-ring (bicyclic) bond motifs is 1. The van der Waals surface area contributed by atoms with Gasteiger partial charge >= 0.3 is 0 Å². The van der Waals surface area contributed by atoms with Gasteiger partial charge in [0.25, 0.3) is 5.91 Å². The lowest BCUT2D eigenvalue weighted by atomic mass is 10.1. The maximum absolute atomic E-state index is 12.2. The van der Waals surface area contributed by atoms with Crippen LogP contribution in [0.2, 0.25) is 0 Å². The number of benzene rings is 3. The molecule has 0 spiro atoms. The molecule has 168 valence electrons. The fourth-order valence-corrected chi connectivity index (χ4v) is 5.91. The van der Waals surface area contributed by atoms with Gasteiger partial charge in [0.05, 0.1) is 18.6 Å². The fraction of sp³-hybridized carbons (Fsp3) is 0.167. The van der Waals surface area contributed by atoms with E-state index in [1.54, 1.807) is 18.9 Å². The van der Waals surface area contributed by atoms with Crippen molar-refractivity contribution in [2.45, 2.75) is 21.4 Å². The Labute approximate surface area is 204 Å². The highest BCUT2D eigenvalue weighted by Crippen LogP contribution is 2.32. The first-order valence-electron chi connectivity index (χ1n) is 10.2. The van der Waals surface area contributed by atoms with E-state index in [1.165, 1.54) is 39.4 Å². The number of carbonyl (C=O) groups is 1. The maximum Gasteiger partial charge on any atom is 0.250 e. The number of carbonyl (C=O) groups excluding carboxylic acids is 1. The Morgan fingerprint density at radius 1 is 1.03 bits per heavy atom. The number of nitrogens with one attached hydrogen (secondary N) is 1. The second-order valence-electron chi connectivity index (χ2n) is 7.01. The summed E-state index contributed by atoms with van der Waals surface area (Å²) in [6, 6.07) is 22.3. The van der Waals surface area contributed by atoms with E-state index in [0.717, 1.165) is 25.7 Å². The van der Waals surface area contributed by atoms with Crippen molar-refractivity contribution < 1.29 is 9.53 Å². The van der Waals surface area contributed by atoms with Crippen molar-refractivity contribution in [3.8, 4) is 5.75 Å². The van der Waals surface area contributed by atoms with Gasteiger partial charge in [-0.15, -0.1) is 10.2 Å². The molecule has 0 aliphatic rings. The second-order valence-corrected chi connectivity index (χ2v) is 10.4. The van der Waals surface area contributed by atoms with Crippen molar-refractivity contribution in [2.75, 3.05) is 12.9 Å². The van der Waals surface area contributed by atoms with Crippen molar-refractivity contribution in [3.63, 3.8) is 0 Å². The van der Waals surface area contributed by atoms with Crippen LogP contribution in [0.25, 0.3) is 10.8 Å². The quantitative estimate of drug-likeness (QED) is 0.185. The van der Waals surface area contributed by atoms with E-state index < -0.39 is 0 Å². The molecule has 1 N–H and O–H groups in total. The predicted molar refractivity (Wildman–Crippen MR) is 137 cm³/mol. The van der Waals surface area contributed by atoms with Crippen molar-refractivity contribution in [1.29, 1.82) is 0 Å². The second kappa shape index (κ2) is 11.3. The Bertz CT molecular complexity index is 1280. The SMILES string of the molecule is COc1cccc(C(C)=NNC(=O)CSc2nnc(SCc3cccc4ccccc34)s2)c1. The third kappa shape index (κ3) is 6.34. The van der Waals surface area contributed by atoms with Crippen molar-refractivity contribution in [3.05, 3.63) is 77.9 Å². The monoisotopic (exact) mass is 494 g/mol. The molecule has 0 saturated carbocycles. The largest absolute Gasteiger partial charge is 0.497 e. The van der Waals surface area contributed by atoms with Crippen LogP contribution in [0.4, 0.5) is 0 Å². The lowest BCUT2D eigenvalue weighted by Gasteiger charge is -2.05. The van der Waals surface area contributed by atoms with Gasteiger partial charge in [0.1, 0.15) is 5.75 Å². The highest BCUT2D eigenvalue weighted by Gasteiger charge is 2.10. The summed E-state index contributed by atoms with van der Waals surface area (Å²) < 4.78 is 6.87. The summed E-state index contributed by atoms with van der Waals surface area (Å²) in [7, 11) is 1.62. The van der Waals surface area contributed by atoms with Gasteiger partial charge in [0.15, 0.2) is 8.68 Å². The number of nitrogens with zero attached hydrogens (tertiary/aromatic N) is 3. The maximum atomic E-state index is 12.2. The molecule has 0 unspecified atom stereocenters. The zero-order chi connectivity index (χ0) is 23.0. The van der Waals surface area contributed by atoms with Gasteiger partial charge in [-0.25, -0.2) is 5.43 Å². The number of ether oxygens (including phenoxy) is 1. The molecule has 1 aromatic heterocycles. The number of aromatic nitrogens is 2. The molecule has 6 nitrogen and oxygen atoms in total.